The summed E-state index contributed by atoms with van der Waals surface area (Å²) in [7, 11) is 0. The third-order valence-corrected chi connectivity index (χ3v) is 4.35. The van der Waals surface area contributed by atoms with E-state index in [0.29, 0.717) is 22.5 Å². The molecule has 1 aliphatic rings. The van der Waals surface area contributed by atoms with E-state index < -0.39 is 5.91 Å². The zero-order chi connectivity index (χ0) is 13.8. The van der Waals surface area contributed by atoms with Gasteiger partial charge < -0.3 is 11.1 Å². The maximum Gasteiger partial charge on any atom is 0.248 e. The van der Waals surface area contributed by atoms with Crippen molar-refractivity contribution in [3.05, 3.63) is 28.8 Å². The molecule has 0 spiro atoms. The van der Waals surface area contributed by atoms with Crippen LogP contribution in [-0.4, -0.2) is 11.9 Å². The molecule has 1 aliphatic carbocycles. The number of hydrogen-bond donors (Lipinski definition) is 2. The van der Waals surface area contributed by atoms with Crippen LogP contribution in [0.3, 0.4) is 0 Å². The van der Waals surface area contributed by atoms with Gasteiger partial charge in [0.25, 0.3) is 0 Å². The quantitative estimate of drug-likeness (QED) is 0.881. The van der Waals surface area contributed by atoms with Crippen molar-refractivity contribution >= 4 is 23.2 Å². The van der Waals surface area contributed by atoms with Gasteiger partial charge in [-0.1, -0.05) is 37.8 Å². The number of hydrogen-bond acceptors (Lipinski definition) is 2. The van der Waals surface area contributed by atoms with Crippen LogP contribution < -0.4 is 11.1 Å². The first-order chi connectivity index (χ1) is 9.11. The van der Waals surface area contributed by atoms with Crippen molar-refractivity contribution in [3.63, 3.8) is 0 Å². The maximum absolute atomic E-state index is 11.2. The van der Waals surface area contributed by atoms with Gasteiger partial charge in [-0.3, -0.25) is 4.79 Å². The Labute approximate surface area is 119 Å². The molecule has 19 heavy (non-hydrogen) atoms. The van der Waals surface area contributed by atoms with Crippen molar-refractivity contribution in [1.82, 2.24) is 0 Å². The third kappa shape index (κ3) is 3.41. The smallest absolute Gasteiger partial charge is 0.248 e. The van der Waals surface area contributed by atoms with Crippen LogP contribution in [0.4, 0.5) is 5.69 Å². The molecule has 1 saturated carbocycles. The molecular weight excluding hydrogens is 260 g/mol. The highest BCUT2D eigenvalue weighted by molar-refractivity contribution is 6.33. The summed E-state index contributed by atoms with van der Waals surface area (Å²) in [5.41, 5.74) is 6.63. The summed E-state index contributed by atoms with van der Waals surface area (Å²) in [6.45, 7) is 2.23. The topological polar surface area (TPSA) is 55.1 Å². The number of carbonyl (C=O) groups excluding carboxylic acids is 1. The van der Waals surface area contributed by atoms with Crippen LogP contribution in [0.1, 0.15) is 49.4 Å². The van der Waals surface area contributed by atoms with E-state index in [1.807, 2.05) is 0 Å². The van der Waals surface area contributed by atoms with Crippen molar-refractivity contribution in [3.8, 4) is 0 Å². The molecule has 0 saturated heterocycles. The van der Waals surface area contributed by atoms with E-state index in [4.69, 9.17) is 17.3 Å². The first-order valence-electron chi connectivity index (χ1n) is 6.97. The highest BCUT2D eigenvalue weighted by Crippen LogP contribution is 2.32. The molecule has 1 aromatic carbocycles. The van der Waals surface area contributed by atoms with E-state index in [1.165, 1.54) is 25.7 Å². The Morgan fingerprint density at radius 3 is 2.84 bits per heavy atom. The summed E-state index contributed by atoms with van der Waals surface area (Å²) in [5.74, 6) is 0.262. The summed E-state index contributed by atoms with van der Waals surface area (Å²) < 4.78 is 0. The monoisotopic (exact) mass is 280 g/mol. The molecule has 3 N–H and O–H groups in total. The van der Waals surface area contributed by atoms with Crippen LogP contribution in [0.2, 0.25) is 5.02 Å². The molecule has 0 bridgehead atoms. The molecule has 0 heterocycles. The van der Waals surface area contributed by atoms with E-state index in [0.717, 1.165) is 12.1 Å². The molecule has 104 valence electrons. The lowest BCUT2D eigenvalue weighted by molar-refractivity contribution is 0.100. The number of amides is 1. The van der Waals surface area contributed by atoms with E-state index >= 15 is 0 Å². The molecule has 2 rings (SSSR count). The lowest BCUT2D eigenvalue weighted by Gasteiger charge is -2.32. The van der Waals surface area contributed by atoms with E-state index in [9.17, 15) is 4.79 Å². The molecule has 0 radical (unpaired) electrons. The molecule has 1 fully saturated rings. The second kappa shape index (κ2) is 6.29. The summed E-state index contributed by atoms with van der Waals surface area (Å²) in [6, 6.07) is 5.59. The summed E-state index contributed by atoms with van der Waals surface area (Å²) in [4.78, 5) is 11.2. The van der Waals surface area contributed by atoms with Crippen molar-refractivity contribution in [1.29, 1.82) is 0 Å². The molecule has 3 nitrogen and oxygen atoms in total. The number of halogens is 1. The average molecular weight is 281 g/mol. The van der Waals surface area contributed by atoms with Gasteiger partial charge in [0.15, 0.2) is 0 Å². The van der Waals surface area contributed by atoms with Gasteiger partial charge in [0, 0.05) is 11.6 Å². The Hall–Kier alpha value is -1.22. The second-order valence-corrected chi connectivity index (χ2v) is 5.67. The number of nitrogens with two attached hydrogens (primary N) is 1. The number of nitrogens with one attached hydrogen (secondary N) is 1. The first-order valence-corrected chi connectivity index (χ1v) is 7.35. The molecule has 1 amide bonds. The standard InChI is InChI=1S/C15H21ClN2O/c1-2-10-5-3-4-6-13(10)18-14-9-11(15(17)19)7-8-12(14)16/h7-10,13,18H,2-6H2,1H3,(H2,17,19). The Morgan fingerprint density at radius 2 is 2.16 bits per heavy atom. The fourth-order valence-electron chi connectivity index (χ4n) is 2.88. The van der Waals surface area contributed by atoms with Crippen molar-refractivity contribution < 1.29 is 4.79 Å². The molecule has 0 aromatic heterocycles. The predicted molar refractivity (Wildman–Crippen MR) is 79.6 cm³/mol. The summed E-state index contributed by atoms with van der Waals surface area (Å²) in [6.07, 6.45) is 6.16. The minimum atomic E-state index is -0.421. The zero-order valence-corrected chi connectivity index (χ0v) is 12.0. The zero-order valence-electron chi connectivity index (χ0n) is 11.3. The van der Waals surface area contributed by atoms with Crippen molar-refractivity contribution in [2.75, 3.05) is 5.32 Å². The Kier molecular flexibility index (Phi) is 4.70. The van der Waals surface area contributed by atoms with E-state index in [-0.39, 0.29) is 0 Å². The number of carbonyl (C=O) groups is 1. The highest BCUT2D eigenvalue weighted by atomic mass is 35.5. The SMILES string of the molecule is CCC1CCCCC1Nc1cc(C(N)=O)ccc1Cl. The van der Waals surface area contributed by atoms with Gasteiger partial charge >= 0.3 is 0 Å². The fraction of sp³-hybridized carbons (Fsp3) is 0.533. The molecule has 1 aromatic rings. The van der Waals surface area contributed by atoms with Gasteiger partial charge in [-0.25, -0.2) is 0 Å². The van der Waals surface area contributed by atoms with Crippen molar-refractivity contribution in [2.24, 2.45) is 11.7 Å². The average Bonchev–Trinajstić information content (AvgIpc) is 2.41. The molecule has 2 unspecified atom stereocenters. The van der Waals surface area contributed by atoms with Crippen molar-refractivity contribution in [2.45, 2.75) is 45.1 Å². The highest BCUT2D eigenvalue weighted by Gasteiger charge is 2.24. The van der Waals surface area contributed by atoms with Gasteiger partial charge in [-0.2, -0.15) is 0 Å². The lowest BCUT2D eigenvalue weighted by Crippen LogP contribution is -2.32. The van der Waals surface area contributed by atoms with Crippen LogP contribution in [0.25, 0.3) is 0 Å². The second-order valence-electron chi connectivity index (χ2n) is 5.26. The van der Waals surface area contributed by atoms with Gasteiger partial charge in [-0.15, -0.1) is 0 Å². The number of benzene rings is 1. The molecular formula is C15H21ClN2O. The Morgan fingerprint density at radius 1 is 1.42 bits per heavy atom. The molecule has 4 heteroatoms. The maximum atomic E-state index is 11.2. The van der Waals surface area contributed by atoms with Crippen LogP contribution in [-0.2, 0) is 0 Å². The van der Waals surface area contributed by atoms with Gasteiger partial charge in [0.1, 0.15) is 0 Å². The van der Waals surface area contributed by atoms with Crippen LogP contribution in [0, 0.1) is 5.92 Å². The van der Waals surface area contributed by atoms with Gasteiger partial charge in [0.05, 0.1) is 10.7 Å². The van der Waals surface area contributed by atoms with Crippen LogP contribution >= 0.6 is 11.6 Å². The first kappa shape index (κ1) is 14.2. The summed E-state index contributed by atoms with van der Waals surface area (Å²) >= 11 is 6.20. The van der Waals surface area contributed by atoms with Crippen LogP contribution in [0.15, 0.2) is 18.2 Å². The minimum Gasteiger partial charge on any atom is -0.381 e. The van der Waals surface area contributed by atoms with Gasteiger partial charge in [0.2, 0.25) is 5.91 Å². The Balaban J connectivity index is 2.17. The number of rotatable bonds is 4. The number of anilines is 1. The molecule has 2 atom stereocenters. The largest absolute Gasteiger partial charge is 0.381 e. The normalized spacial score (nSPS) is 23.1. The number of primary amides is 1. The van der Waals surface area contributed by atoms with E-state index in [1.54, 1.807) is 18.2 Å². The van der Waals surface area contributed by atoms with E-state index in [2.05, 4.69) is 12.2 Å². The van der Waals surface area contributed by atoms with Gasteiger partial charge in [-0.05, 0) is 37.0 Å². The third-order valence-electron chi connectivity index (χ3n) is 4.03. The molecule has 0 aliphatic heterocycles. The Bertz CT molecular complexity index is 461. The van der Waals surface area contributed by atoms with Crippen LogP contribution in [0.5, 0.6) is 0 Å². The fourth-order valence-corrected chi connectivity index (χ4v) is 3.05. The minimum absolute atomic E-state index is 0.421. The predicted octanol–water partition coefficient (Wildman–Crippen LogP) is 3.82. The summed E-state index contributed by atoms with van der Waals surface area (Å²) in [5, 5.41) is 4.15. The lowest BCUT2D eigenvalue weighted by atomic mass is 9.83.